The second-order valence-corrected chi connectivity index (χ2v) is 7.55. The molecule has 0 amide bonds. The molecule has 1 aliphatic heterocycles. The van der Waals surface area contributed by atoms with Crippen molar-refractivity contribution in [3.63, 3.8) is 0 Å². The third kappa shape index (κ3) is 2.86. The topological polar surface area (TPSA) is 6.48 Å². The summed E-state index contributed by atoms with van der Waals surface area (Å²) < 4.78 is 1.16. The maximum Gasteiger partial charge on any atom is 0.138 e. The van der Waals surface area contributed by atoms with Gasteiger partial charge in [-0.2, -0.15) is 0 Å². The van der Waals surface area contributed by atoms with Crippen LogP contribution < -0.4 is 0 Å². The maximum atomic E-state index is 5.60. The van der Waals surface area contributed by atoms with Crippen LogP contribution in [0.5, 0.6) is 0 Å². The fraction of sp³-hybridized carbons (Fsp3) is 0.929. The van der Waals surface area contributed by atoms with E-state index in [1.54, 1.807) is 0 Å². The zero-order chi connectivity index (χ0) is 12.4. The summed E-state index contributed by atoms with van der Waals surface area (Å²) in [6.07, 6.45) is 12.6. The minimum absolute atomic E-state index is 0.739. The van der Waals surface area contributed by atoms with E-state index in [1.807, 2.05) is 11.8 Å². The lowest BCUT2D eigenvalue weighted by Gasteiger charge is -2.44. The molecule has 18 heavy (non-hydrogen) atoms. The third-order valence-corrected chi connectivity index (χ3v) is 6.31. The van der Waals surface area contributed by atoms with Gasteiger partial charge in [-0.3, -0.25) is 4.90 Å². The maximum absolute atomic E-state index is 5.60. The van der Waals surface area contributed by atoms with E-state index in [9.17, 15) is 0 Å². The second kappa shape index (κ2) is 6.10. The molecule has 3 rings (SSSR count). The van der Waals surface area contributed by atoms with E-state index in [-0.39, 0.29) is 0 Å². The van der Waals surface area contributed by atoms with Crippen molar-refractivity contribution in [3.05, 3.63) is 0 Å². The fourth-order valence-corrected chi connectivity index (χ4v) is 4.97. The van der Waals surface area contributed by atoms with Gasteiger partial charge in [0.05, 0.1) is 12.5 Å². The molecule has 0 aromatic carbocycles. The van der Waals surface area contributed by atoms with Gasteiger partial charge in [-0.05, 0) is 25.7 Å². The van der Waals surface area contributed by atoms with Crippen LogP contribution in [0, 0.1) is 0 Å². The van der Waals surface area contributed by atoms with Crippen LogP contribution in [-0.4, -0.2) is 38.7 Å². The minimum Gasteiger partial charge on any atom is -0.341 e. The van der Waals surface area contributed by atoms with Crippen LogP contribution in [-0.2, 0) is 0 Å². The Hall–Kier alpha value is 0.200. The number of nitrogens with zero attached hydrogens (tertiary/aromatic N) is 2. The van der Waals surface area contributed by atoms with Crippen molar-refractivity contribution in [2.75, 3.05) is 12.5 Å². The van der Waals surface area contributed by atoms with Crippen molar-refractivity contribution in [3.8, 4) is 0 Å². The highest BCUT2D eigenvalue weighted by molar-refractivity contribution is 8.22. The van der Waals surface area contributed by atoms with Crippen LogP contribution in [0.25, 0.3) is 0 Å². The summed E-state index contributed by atoms with van der Waals surface area (Å²) in [5.74, 6) is 1.13. The highest BCUT2D eigenvalue weighted by Gasteiger charge is 2.32. The molecule has 3 fully saturated rings. The highest BCUT2D eigenvalue weighted by Crippen LogP contribution is 2.32. The Labute approximate surface area is 120 Å². The largest absolute Gasteiger partial charge is 0.341 e. The third-order valence-electron chi connectivity index (χ3n) is 4.78. The van der Waals surface area contributed by atoms with Crippen molar-refractivity contribution in [1.29, 1.82) is 0 Å². The molecule has 102 valence electrons. The molecule has 0 spiro atoms. The second-order valence-electron chi connectivity index (χ2n) is 5.97. The van der Waals surface area contributed by atoms with Gasteiger partial charge >= 0.3 is 0 Å². The van der Waals surface area contributed by atoms with Crippen LogP contribution in [0.15, 0.2) is 0 Å². The molecular weight excluding hydrogens is 260 g/mol. The monoisotopic (exact) mass is 284 g/mol. The van der Waals surface area contributed by atoms with Gasteiger partial charge in [-0.1, -0.05) is 56.1 Å². The average Bonchev–Trinajstić information content (AvgIpc) is 2.94. The van der Waals surface area contributed by atoms with E-state index in [0.717, 1.165) is 28.9 Å². The molecule has 2 saturated carbocycles. The van der Waals surface area contributed by atoms with Gasteiger partial charge in [-0.25, -0.2) is 0 Å². The number of rotatable bonds is 2. The van der Waals surface area contributed by atoms with Gasteiger partial charge in [0.2, 0.25) is 0 Å². The van der Waals surface area contributed by atoms with Crippen LogP contribution >= 0.6 is 24.0 Å². The molecule has 1 saturated heterocycles. The van der Waals surface area contributed by atoms with E-state index in [1.165, 1.54) is 57.8 Å². The van der Waals surface area contributed by atoms with Crippen molar-refractivity contribution < 1.29 is 0 Å². The molecular formula is C14H24N2S2. The predicted molar refractivity (Wildman–Crippen MR) is 82.7 cm³/mol. The quantitative estimate of drug-likeness (QED) is 0.711. The van der Waals surface area contributed by atoms with Gasteiger partial charge < -0.3 is 4.90 Å². The molecule has 4 heteroatoms. The Morgan fingerprint density at radius 3 is 2.22 bits per heavy atom. The zero-order valence-corrected chi connectivity index (χ0v) is 12.8. The number of thiocarbonyl (C=S) groups is 1. The van der Waals surface area contributed by atoms with Crippen molar-refractivity contribution in [1.82, 2.24) is 9.80 Å². The number of hydrogen-bond donors (Lipinski definition) is 0. The van der Waals surface area contributed by atoms with Gasteiger partial charge in [0.25, 0.3) is 0 Å². The van der Waals surface area contributed by atoms with Crippen molar-refractivity contribution >= 4 is 28.3 Å². The van der Waals surface area contributed by atoms with Gasteiger partial charge in [0.15, 0.2) is 0 Å². The van der Waals surface area contributed by atoms with E-state index in [4.69, 9.17) is 12.2 Å². The molecule has 0 radical (unpaired) electrons. The first kappa shape index (κ1) is 13.2. The molecule has 2 aliphatic carbocycles. The van der Waals surface area contributed by atoms with Crippen LogP contribution in [0.4, 0.5) is 0 Å². The van der Waals surface area contributed by atoms with Crippen molar-refractivity contribution in [2.45, 2.75) is 69.9 Å². The Morgan fingerprint density at radius 2 is 1.50 bits per heavy atom. The minimum atomic E-state index is 0.739. The van der Waals surface area contributed by atoms with Gasteiger partial charge in [0.1, 0.15) is 4.32 Å². The first-order chi connectivity index (χ1) is 8.84. The molecule has 1 heterocycles. The summed E-state index contributed by atoms with van der Waals surface area (Å²) in [7, 11) is 0. The lowest BCUT2D eigenvalue weighted by atomic mass is 9.95. The van der Waals surface area contributed by atoms with E-state index in [2.05, 4.69) is 9.80 Å². The summed E-state index contributed by atoms with van der Waals surface area (Å²) in [5, 5.41) is 0. The molecule has 0 atom stereocenters. The summed E-state index contributed by atoms with van der Waals surface area (Å²) in [6, 6.07) is 1.58. The molecule has 2 nitrogen and oxygen atoms in total. The Balaban J connectivity index is 1.62. The first-order valence-electron chi connectivity index (χ1n) is 7.52. The van der Waals surface area contributed by atoms with Crippen LogP contribution in [0.1, 0.15) is 57.8 Å². The zero-order valence-electron chi connectivity index (χ0n) is 11.1. The van der Waals surface area contributed by atoms with Crippen molar-refractivity contribution in [2.24, 2.45) is 0 Å². The summed E-state index contributed by atoms with van der Waals surface area (Å²) in [6.45, 7) is 1.11. The Bertz CT molecular complexity index is 296. The smallest absolute Gasteiger partial charge is 0.138 e. The normalized spacial score (nSPS) is 29.1. The predicted octanol–water partition coefficient (Wildman–Crippen LogP) is 3.81. The first-order valence-corrected chi connectivity index (χ1v) is 8.91. The Morgan fingerprint density at radius 1 is 0.889 bits per heavy atom. The van der Waals surface area contributed by atoms with Crippen LogP contribution in [0.3, 0.4) is 0 Å². The molecule has 0 unspecified atom stereocenters. The molecule has 0 bridgehead atoms. The van der Waals surface area contributed by atoms with E-state index >= 15 is 0 Å². The van der Waals surface area contributed by atoms with Gasteiger partial charge in [0, 0.05) is 12.1 Å². The standard InChI is InChI=1S/C14H24N2S2/c17-14-16(13-8-2-1-3-9-13)10-15(11-18-14)12-6-4-5-7-12/h12-13H,1-11H2. The highest BCUT2D eigenvalue weighted by atomic mass is 32.2. The molecule has 3 aliphatic rings. The van der Waals surface area contributed by atoms with Crippen LogP contribution in [0.2, 0.25) is 0 Å². The average molecular weight is 284 g/mol. The van der Waals surface area contributed by atoms with E-state index in [0.29, 0.717) is 0 Å². The lowest BCUT2D eigenvalue weighted by Crippen LogP contribution is -2.52. The Kier molecular flexibility index (Phi) is 4.47. The van der Waals surface area contributed by atoms with Gasteiger partial charge in [-0.15, -0.1) is 0 Å². The van der Waals surface area contributed by atoms with E-state index < -0.39 is 0 Å². The molecule has 0 N–H and O–H groups in total. The molecule has 0 aromatic heterocycles. The number of hydrogen-bond acceptors (Lipinski definition) is 3. The summed E-state index contributed by atoms with van der Waals surface area (Å²) in [5.41, 5.74) is 0. The number of thioether (sulfide) groups is 1. The lowest BCUT2D eigenvalue weighted by molar-refractivity contribution is 0.117. The SMILES string of the molecule is S=C1SCN(C2CCCC2)CN1C1CCCCC1. The fourth-order valence-electron chi connectivity index (χ4n) is 3.66. The molecule has 0 aromatic rings. The summed E-state index contributed by atoms with van der Waals surface area (Å²) >= 11 is 7.50. The summed E-state index contributed by atoms with van der Waals surface area (Å²) in [4.78, 5) is 5.23.